The summed E-state index contributed by atoms with van der Waals surface area (Å²) in [6.45, 7) is 0. The zero-order chi connectivity index (χ0) is 0. The average molecular weight is 176 g/mol. The molecule has 7 heavy (non-hydrogen) atoms. The quantitative estimate of drug-likeness (QED) is 0.328. The van der Waals surface area contributed by atoms with E-state index in [1.165, 1.54) is 0 Å². The molecular weight excluding hydrogens is 174 g/mol. The molecule has 2 radical (unpaired) electrons. The van der Waals surface area contributed by atoms with Gasteiger partial charge in [-0.1, -0.05) is 0 Å². The Labute approximate surface area is 90.6 Å². The summed E-state index contributed by atoms with van der Waals surface area (Å²) < 4.78 is 0. The average Bonchev–Trinajstić information content (AvgIpc) is 0. The molecule has 7 heteroatoms. The number of hydrogen-bond donors (Lipinski definition) is 0. The van der Waals surface area contributed by atoms with E-state index in [2.05, 4.69) is 0 Å². The van der Waals surface area contributed by atoms with Gasteiger partial charge in [0.2, 0.25) is 0 Å². The molecule has 0 amide bonds. The van der Waals surface area contributed by atoms with Gasteiger partial charge in [0.25, 0.3) is 0 Å². The van der Waals surface area contributed by atoms with Crippen molar-refractivity contribution < 1.29 is 91.1 Å². The molecule has 0 N–H and O–H groups in total. The van der Waals surface area contributed by atoms with Crippen molar-refractivity contribution in [1.29, 1.82) is 0 Å². The maximum Gasteiger partial charge on any atom is 3.00 e. The fourth-order valence-corrected chi connectivity index (χ4v) is 0. The van der Waals surface area contributed by atoms with E-state index < -0.39 is 0 Å². The van der Waals surface area contributed by atoms with Crippen molar-refractivity contribution in [1.82, 2.24) is 0 Å². The maximum atomic E-state index is 0. The molecule has 0 aliphatic heterocycles. The van der Waals surface area contributed by atoms with Crippen molar-refractivity contribution in [2.75, 3.05) is 0 Å². The van der Waals surface area contributed by atoms with Crippen molar-refractivity contribution in [3.05, 3.63) is 0 Å². The second-order valence-corrected chi connectivity index (χ2v) is 0. The van der Waals surface area contributed by atoms with Gasteiger partial charge >= 0.3 is 71.9 Å². The van der Waals surface area contributed by atoms with Crippen LogP contribution in [-0.2, 0) is 50.6 Å². The van der Waals surface area contributed by atoms with Gasteiger partial charge in [-0.05, 0) is 0 Å². The standard InChI is InChI=1S/2Fe.2Li.3O.2H/q2*+3;2*+1;3*-2;2*-1. The molecule has 0 aliphatic rings. The Bertz CT molecular complexity index is 17.8. The van der Waals surface area contributed by atoms with Crippen LogP contribution in [0, 0.1) is 0 Å². The third-order valence-electron chi connectivity index (χ3n) is 0. The second-order valence-electron chi connectivity index (χ2n) is 0. The third kappa shape index (κ3) is 67.9. The minimum Gasteiger partial charge on any atom is -2.00 e. The third-order valence-corrected chi connectivity index (χ3v) is 0. The first kappa shape index (κ1) is 134. The van der Waals surface area contributed by atoms with Gasteiger partial charge in [-0.3, -0.25) is 0 Å². The van der Waals surface area contributed by atoms with Crippen LogP contribution in [0.1, 0.15) is 2.85 Å². The Kier molecular flexibility index (Phi) is 1760. The van der Waals surface area contributed by atoms with Crippen LogP contribution >= 0.6 is 0 Å². The monoisotopic (exact) mass is 176 g/mol. The van der Waals surface area contributed by atoms with Gasteiger partial charge < -0.3 is 19.3 Å². The van der Waals surface area contributed by atoms with Crippen LogP contribution in [-0.4, -0.2) is 0 Å². The van der Waals surface area contributed by atoms with E-state index >= 15 is 0 Å². The van der Waals surface area contributed by atoms with Crippen LogP contribution in [0.15, 0.2) is 0 Å². The first-order chi connectivity index (χ1) is 0. The molecule has 0 unspecified atom stereocenters. The summed E-state index contributed by atoms with van der Waals surface area (Å²) in [4.78, 5) is 0. The van der Waals surface area contributed by atoms with Gasteiger partial charge in [0.1, 0.15) is 0 Å². The summed E-state index contributed by atoms with van der Waals surface area (Å²) in [6.07, 6.45) is 0. The zero-order valence-corrected chi connectivity index (χ0v) is 6.14. The molecule has 0 fully saturated rings. The molecule has 0 saturated carbocycles. The Morgan fingerprint density at radius 2 is 0.571 bits per heavy atom. The molecule has 0 aliphatic carbocycles. The fraction of sp³-hybridized carbons (Fsp3) is 0. The van der Waals surface area contributed by atoms with Gasteiger partial charge in [-0.15, -0.1) is 0 Å². The number of rotatable bonds is 0. The van der Waals surface area contributed by atoms with E-state index in [1.807, 2.05) is 0 Å². The summed E-state index contributed by atoms with van der Waals surface area (Å²) >= 11 is 0. The Morgan fingerprint density at radius 3 is 0.571 bits per heavy atom. The summed E-state index contributed by atoms with van der Waals surface area (Å²) in [5.74, 6) is 0. The molecule has 0 atom stereocenters. The van der Waals surface area contributed by atoms with E-state index in [9.17, 15) is 0 Å². The molecule has 0 saturated heterocycles. The molecule has 0 rings (SSSR count). The van der Waals surface area contributed by atoms with Crippen LogP contribution in [0.5, 0.6) is 0 Å². The Morgan fingerprint density at radius 1 is 0.571 bits per heavy atom. The fourth-order valence-electron chi connectivity index (χ4n) is 0. The van der Waals surface area contributed by atoms with Gasteiger partial charge in [0.05, 0.1) is 0 Å². The summed E-state index contributed by atoms with van der Waals surface area (Å²) in [7, 11) is 0. The SMILES string of the molecule is [Fe+3].[Fe+3].[H-].[H-].[Li+].[Li+].[O-2].[O-2].[O-2]. The minimum absolute atomic E-state index is 0. The Hall–Kier alpha value is 2.11. The summed E-state index contributed by atoms with van der Waals surface area (Å²) in [6, 6.07) is 0. The second kappa shape index (κ2) is 91.9. The van der Waals surface area contributed by atoms with E-state index in [1.54, 1.807) is 0 Å². The van der Waals surface area contributed by atoms with E-state index in [-0.39, 0.29) is 91.1 Å². The zero-order valence-electron chi connectivity index (χ0n) is 5.93. The molecular formula is H2Fe2Li2O3. The molecule has 0 aromatic heterocycles. The topological polar surface area (TPSA) is 85.5 Å². The van der Waals surface area contributed by atoms with Crippen molar-refractivity contribution in [2.45, 2.75) is 0 Å². The molecule has 3 nitrogen and oxygen atoms in total. The van der Waals surface area contributed by atoms with Crippen molar-refractivity contribution >= 4 is 0 Å². The van der Waals surface area contributed by atoms with Gasteiger partial charge in [-0.25, -0.2) is 0 Å². The molecule has 0 heterocycles. The maximum absolute atomic E-state index is 0. The van der Waals surface area contributed by atoms with Crippen molar-refractivity contribution in [3.63, 3.8) is 0 Å². The Balaban J connectivity index is 0. The predicted octanol–water partition coefficient (Wildman–Crippen LogP) is -6.13. The summed E-state index contributed by atoms with van der Waals surface area (Å²) in [5.41, 5.74) is 0. The van der Waals surface area contributed by atoms with Crippen LogP contribution in [0.4, 0.5) is 0 Å². The molecule has 38 valence electrons. The summed E-state index contributed by atoms with van der Waals surface area (Å²) in [5, 5.41) is 0. The van der Waals surface area contributed by atoms with Gasteiger partial charge in [0, 0.05) is 0 Å². The first-order valence-electron chi connectivity index (χ1n) is 0. The molecule has 0 bridgehead atoms. The first-order valence-corrected chi connectivity index (χ1v) is 0. The van der Waals surface area contributed by atoms with Gasteiger partial charge in [-0.2, -0.15) is 0 Å². The molecule has 0 spiro atoms. The van der Waals surface area contributed by atoms with Gasteiger partial charge in [0.15, 0.2) is 0 Å². The minimum atomic E-state index is 0. The smallest absolute Gasteiger partial charge is 2.00 e. The van der Waals surface area contributed by atoms with Crippen molar-refractivity contribution in [3.8, 4) is 0 Å². The molecule has 0 aromatic carbocycles. The largest absolute Gasteiger partial charge is 3.00 e. The van der Waals surface area contributed by atoms with E-state index in [0.717, 1.165) is 0 Å². The van der Waals surface area contributed by atoms with Crippen LogP contribution in [0.25, 0.3) is 0 Å². The van der Waals surface area contributed by atoms with Crippen LogP contribution in [0.2, 0.25) is 0 Å². The number of hydrogen-bond acceptors (Lipinski definition) is 0. The van der Waals surface area contributed by atoms with Crippen LogP contribution < -0.4 is 37.7 Å². The predicted molar refractivity (Wildman–Crippen MR) is 4.28 cm³/mol. The van der Waals surface area contributed by atoms with Crippen molar-refractivity contribution in [2.24, 2.45) is 0 Å². The van der Waals surface area contributed by atoms with E-state index in [4.69, 9.17) is 0 Å². The normalized spacial score (nSPS) is 0. The molecule has 0 aromatic rings. The van der Waals surface area contributed by atoms with E-state index in [0.29, 0.717) is 0 Å². The van der Waals surface area contributed by atoms with Crippen LogP contribution in [0.3, 0.4) is 0 Å².